The van der Waals surface area contributed by atoms with Crippen molar-refractivity contribution in [3.63, 3.8) is 0 Å². The number of pyridine rings is 1. The molecule has 0 spiro atoms. The van der Waals surface area contributed by atoms with Gasteiger partial charge in [0.05, 0.1) is 5.56 Å². The van der Waals surface area contributed by atoms with Crippen molar-refractivity contribution in [3.05, 3.63) is 53.2 Å². The highest BCUT2D eigenvalue weighted by Gasteiger charge is 2.33. The molecule has 2 saturated carbocycles. The van der Waals surface area contributed by atoms with Crippen LogP contribution in [0.15, 0.2) is 36.5 Å². The quantitative estimate of drug-likeness (QED) is 0.574. The first kappa shape index (κ1) is 19.0. The molecule has 0 N–H and O–H groups in total. The zero-order chi connectivity index (χ0) is 19.9. The molecule has 2 aliphatic rings. The van der Waals surface area contributed by atoms with Gasteiger partial charge in [-0.3, -0.25) is 4.79 Å². The minimum atomic E-state index is -4.39. The van der Waals surface area contributed by atoms with E-state index in [1.807, 2.05) is 4.90 Å². The van der Waals surface area contributed by atoms with Gasteiger partial charge < -0.3 is 4.90 Å². The van der Waals surface area contributed by atoms with Crippen LogP contribution in [0.4, 0.5) is 24.7 Å². The Morgan fingerprint density at radius 1 is 1.14 bits per heavy atom. The summed E-state index contributed by atoms with van der Waals surface area (Å²) in [7, 11) is 0. The fourth-order valence-corrected chi connectivity index (χ4v) is 3.57. The fourth-order valence-electron chi connectivity index (χ4n) is 3.57. The van der Waals surface area contributed by atoms with Gasteiger partial charge in [-0.1, -0.05) is 6.42 Å². The van der Waals surface area contributed by atoms with E-state index in [2.05, 4.69) is 4.98 Å². The van der Waals surface area contributed by atoms with Crippen LogP contribution in [0, 0.1) is 18.8 Å². The van der Waals surface area contributed by atoms with E-state index in [0.717, 1.165) is 38.2 Å². The van der Waals surface area contributed by atoms with Crippen LogP contribution >= 0.6 is 0 Å². The number of hydrogen-bond donors (Lipinski definition) is 0. The lowest BCUT2D eigenvalue weighted by molar-refractivity contribution is -0.137. The highest BCUT2D eigenvalue weighted by molar-refractivity contribution is 5.98. The summed E-state index contributed by atoms with van der Waals surface area (Å²) in [5.41, 5.74) is 0.979. The van der Waals surface area contributed by atoms with Gasteiger partial charge in [-0.15, -0.1) is 0 Å². The average Bonchev–Trinajstić information content (AvgIpc) is 3.41. The van der Waals surface area contributed by atoms with E-state index in [0.29, 0.717) is 35.1 Å². The summed E-state index contributed by atoms with van der Waals surface area (Å²) >= 11 is 0. The fraction of sp³-hybridized carbons (Fsp3) is 0.455. The molecule has 2 fully saturated rings. The lowest BCUT2D eigenvalue weighted by Gasteiger charge is -2.26. The number of benzene rings is 1. The van der Waals surface area contributed by atoms with Gasteiger partial charge in [0.2, 0.25) is 0 Å². The van der Waals surface area contributed by atoms with Crippen LogP contribution in [0.3, 0.4) is 0 Å². The van der Waals surface area contributed by atoms with E-state index in [-0.39, 0.29) is 11.7 Å². The predicted octanol–water partition coefficient (Wildman–Crippen LogP) is 5.94. The zero-order valence-corrected chi connectivity index (χ0v) is 15.8. The molecule has 148 valence electrons. The number of halogens is 3. The number of carbonyl (C=O) groups excluding carboxylic acids is 1. The van der Waals surface area contributed by atoms with Crippen LogP contribution in [0.5, 0.6) is 0 Å². The molecule has 0 bridgehead atoms. The van der Waals surface area contributed by atoms with Gasteiger partial charge in [0.15, 0.2) is 5.78 Å². The van der Waals surface area contributed by atoms with E-state index in [4.69, 9.17) is 0 Å². The monoisotopic (exact) mass is 388 g/mol. The van der Waals surface area contributed by atoms with Crippen molar-refractivity contribution in [1.29, 1.82) is 0 Å². The SMILES string of the molecule is Cc1cc(N(CC2CC2)c2ccc(C(=O)C3CCC3)cn2)cc(C(F)(F)F)c1. The number of nitrogens with zero attached hydrogens (tertiary/aromatic N) is 2. The highest BCUT2D eigenvalue weighted by Crippen LogP contribution is 2.38. The maximum Gasteiger partial charge on any atom is 0.416 e. The molecule has 0 aliphatic heterocycles. The van der Waals surface area contributed by atoms with Crippen molar-refractivity contribution < 1.29 is 18.0 Å². The molecule has 0 amide bonds. The minimum Gasteiger partial charge on any atom is -0.326 e. The maximum atomic E-state index is 13.3. The third-order valence-corrected chi connectivity index (χ3v) is 5.62. The van der Waals surface area contributed by atoms with Gasteiger partial charge in [-0.05, 0) is 74.4 Å². The molecule has 1 heterocycles. The second kappa shape index (κ2) is 7.22. The Morgan fingerprint density at radius 3 is 2.43 bits per heavy atom. The first-order valence-corrected chi connectivity index (χ1v) is 9.78. The van der Waals surface area contributed by atoms with Gasteiger partial charge in [-0.25, -0.2) is 4.98 Å². The molecule has 2 aliphatic carbocycles. The maximum absolute atomic E-state index is 13.3. The second-order valence-electron chi connectivity index (χ2n) is 8.01. The molecular formula is C22H23F3N2O. The molecule has 0 atom stereocenters. The van der Waals surface area contributed by atoms with Crippen molar-refractivity contribution in [3.8, 4) is 0 Å². The summed E-state index contributed by atoms with van der Waals surface area (Å²) in [6.45, 7) is 2.30. The number of anilines is 2. The standard InChI is InChI=1S/C22H23F3N2O/c1-14-9-18(22(23,24)25)11-19(10-14)27(13-15-5-6-15)20-8-7-17(12-26-20)21(28)16-3-2-4-16/h7-12,15-16H,2-6,13H2,1H3. The van der Waals surface area contributed by atoms with Crippen LogP contribution in [0.1, 0.15) is 53.6 Å². The van der Waals surface area contributed by atoms with Crippen LogP contribution in [0.25, 0.3) is 0 Å². The largest absolute Gasteiger partial charge is 0.416 e. The molecule has 3 nitrogen and oxygen atoms in total. The molecule has 2 aromatic rings. The molecule has 0 unspecified atom stereocenters. The van der Waals surface area contributed by atoms with Gasteiger partial charge in [-0.2, -0.15) is 13.2 Å². The van der Waals surface area contributed by atoms with Gasteiger partial charge >= 0.3 is 6.18 Å². The zero-order valence-electron chi connectivity index (χ0n) is 15.8. The Morgan fingerprint density at radius 2 is 1.89 bits per heavy atom. The van der Waals surface area contributed by atoms with Gasteiger partial charge in [0, 0.05) is 29.9 Å². The summed E-state index contributed by atoms with van der Waals surface area (Å²) < 4.78 is 39.8. The number of alkyl halides is 3. The van der Waals surface area contributed by atoms with Gasteiger partial charge in [0.25, 0.3) is 0 Å². The Hall–Kier alpha value is -2.37. The van der Waals surface area contributed by atoms with Crippen molar-refractivity contribution in [2.24, 2.45) is 11.8 Å². The lowest BCUT2D eigenvalue weighted by Crippen LogP contribution is -2.24. The molecule has 6 heteroatoms. The molecule has 0 radical (unpaired) electrons. The average molecular weight is 388 g/mol. The summed E-state index contributed by atoms with van der Waals surface area (Å²) in [5, 5.41) is 0. The van der Waals surface area contributed by atoms with Gasteiger partial charge in [0.1, 0.15) is 5.82 Å². The normalized spacial score (nSPS) is 17.3. The topological polar surface area (TPSA) is 33.2 Å². The third-order valence-electron chi connectivity index (χ3n) is 5.62. The van der Waals surface area contributed by atoms with E-state index >= 15 is 0 Å². The number of ketones is 1. The van der Waals surface area contributed by atoms with Crippen molar-refractivity contribution in [2.45, 2.75) is 45.2 Å². The number of aryl methyl sites for hydroxylation is 1. The van der Waals surface area contributed by atoms with E-state index in [1.165, 1.54) is 6.07 Å². The van der Waals surface area contributed by atoms with Crippen LogP contribution in [0.2, 0.25) is 0 Å². The Balaban J connectivity index is 1.65. The molecule has 1 aromatic carbocycles. The van der Waals surface area contributed by atoms with E-state index in [9.17, 15) is 18.0 Å². The van der Waals surface area contributed by atoms with E-state index in [1.54, 1.807) is 31.3 Å². The van der Waals surface area contributed by atoms with Crippen LogP contribution in [-0.2, 0) is 6.18 Å². The first-order chi connectivity index (χ1) is 13.3. The van der Waals surface area contributed by atoms with Crippen molar-refractivity contribution in [1.82, 2.24) is 4.98 Å². The molecular weight excluding hydrogens is 365 g/mol. The number of aromatic nitrogens is 1. The number of rotatable bonds is 6. The number of hydrogen-bond acceptors (Lipinski definition) is 3. The van der Waals surface area contributed by atoms with E-state index < -0.39 is 11.7 Å². The predicted molar refractivity (Wildman–Crippen MR) is 102 cm³/mol. The summed E-state index contributed by atoms with van der Waals surface area (Å²) in [5.74, 6) is 1.26. The minimum absolute atomic E-state index is 0.0985. The second-order valence-corrected chi connectivity index (χ2v) is 8.01. The molecule has 4 rings (SSSR count). The highest BCUT2D eigenvalue weighted by atomic mass is 19.4. The van der Waals surface area contributed by atoms with Crippen molar-refractivity contribution >= 4 is 17.3 Å². The first-order valence-electron chi connectivity index (χ1n) is 9.78. The van der Waals surface area contributed by atoms with Crippen LogP contribution in [-0.4, -0.2) is 17.3 Å². The smallest absolute Gasteiger partial charge is 0.326 e. The third kappa shape index (κ3) is 4.05. The summed E-state index contributed by atoms with van der Waals surface area (Å²) in [6, 6.07) is 7.61. The summed E-state index contributed by atoms with van der Waals surface area (Å²) in [4.78, 5) is 18.7. The Labute approximate surface area is 162 Å². The number of carbonyl (C=O) groups is 1. The van der Waals surface area contributed by atoms with Crippen molar-refractivity contribution in [2.75, 3.05) is 11.4 Å². The lowest BCUT2D eigenvalue weighted by atomic mass is 9.80. The van der Waals surface area contributed by atoms with Crippen LogP contribution < -0.4 is 4.90 Å². The Kier molecular flexibility index (Phi) is 4.89. The summed E-state index contributed by atoms with van der Waals surface area (Å²) in [6.07, 6.45) is 2.27. The Bertz CT molecular complexity index is 868. The molecule has 1 aromatic heterocycles. The number of Topliss-reactive ketones (excluding diaryl/α,β-unsaturated/α-hetero) is 1. The molecule has 0 saturated heterocycles. The molecule has 28 heavy (non-hydrogen) atoms.